The quantitative estimate of drug-likeness (QED) is 0.721. The molecule has 4 nitrogen and oxygen atoms in total. The van der Waals surface area contributed by atoms with Crippen LogP contribution in [0.1, 0.15) is 18.3 Å². The van der Waals surface area contributed by atoms with Crippen molar-refractivity contribution in [1.29, 1.82) is 0 Å². The van der Waals surface area contributed by atoms with Gasteiger partial charge in [-0.15, -0.1) is 0 Å². The fraction of sp³-hybridized carbons (Fsp3) is 0.267. The highest BCUT2D eigenvalue weighted by Crippen LogP contribution is 2.29. The number of fused-ring (bicyclic) bond motifs is 1. The maximum atomic E-state index is 4.67. The van der Waals surface area contributed by atoms with Crippen molar-refractivity contribution in [3.8, 4) is 0 Å². The van der Waals surface area contributed by atoms with Gasteiger partial charge in [0.2, 0.25) is 0 Å². The molecule has 0 aliphatic heterocycles. The minimum Gasteiger partial charge on any atom is -0.373 e. The highest BCUT2D eigenvalue weighted by atomic mass is 32.2. The zero-order chi connectivity index (χ0) is 14.7. The van der Waals surface area contributed by atoms with Gasteiger partial charge in [-0.25, -0.2) is 9.97 Å². The SMILES string of the molecule is CCc1nsc(SCc2cc3ccccc3nc2NC)n1. The van der Waals surface area contributed by atoms with Gasteiger partial charge in [-0.05, 0) is 23.7 Å². The lowest BCUT2D eigenvalue weighted by Gasteiger charge is -2.09. The molecule has 3 aromatic rings. The molecule has 1 aromatic carbocycles. The molecular weight excluding hydrogens is 300 g/mol. The van der Waals surface area contributed by atoms with Crippen molar-refractivity contribution < 1.29 is 0 Å². The summed E-state index contributed by atoms with van der Waals surface area (Å²) in [7, 11) is 1.91. The number of thioether (sulfide) groups is 1. The first-order valence-electron chi connectivity index (χ1n) is 6.82. The normalized spacial score (nSPS) is 11.0. The second-order valence-electron chi connectivity index (χ2n) is 4.56. The molecule has 0 aliphatic carbocycles. The predicted octanol–water partition coefficient (Wildman–Crippen LogP) is 3.98. The molecule has 1 N–H and O–H groups in total. The minimum absolute atomic E-state index is 0.840. The predicted molar refractivity (Wildman–Crippen MR) is 90.1 cm³/mol. The number of nitrogens with zero attached hydrogens (tertiary/aromatic N) is 3. The van der Waals surface area contributed by atoms with Gasteiger partial charge in [0, 0.05) is 30.2 Å². The van der Waals surface area contributed by atoms with Crippen LogP contribution in [-0.2, 0) is 12.2 Å². The Labute approximate surface area is 132 Å². The summed E-state index contributed by atoms with van der Waals surface area (Å²) in [5.74, 6) is 2.70. The van der Waals surface area contributed by atoms with E-state index in [9.17, 15) is 0 Å². The maximum absolute atomic E-state index is 4.67. The molecule has 0 atom stereocenters. The fourth-order valence-electron chi connectivity index (χ4n) is 2.07. The van der Waals surface area contributed by atoms with Crippen LogP contribution in [0.3, 0.4) is 0 Å². The topological polar surface area (TPSA) is 50.7 Å². The Morgan fingerprint density at radius 2 is 2.10 bits per heavy atom. The van der Waals surface area contributed by atoms with Crippen LogP contribution in [0.4, 0.5) is 5.82 Å². The molecule has 3 rings (SSSR count). The lowest BCUT2D eigenvalue weighted by atomic mass is 10.1. The fourth-order valence-corrected chi connectivity index (χ4v) is 3.73. The number of aromatic nitrogens is 3. The molecular formula is C15H16N4S2. The number of hydrogen-bond acceptors (Lipinski definition) is 6. The van der Waals surface area contributed by atoms with E-state index in [1.165, 1.54) is 22.5 Å². The largest absolute Gasteiger partial charge is 0.373 e. The van der Waals surface area contributed by atoms with E-state index in [-0.39, 0.29) is 0 Å². The first-order chi connectivity index (χ1) is 10.3. The first kappa shape index (κ1) is 14.3. The van der Waals surface area contributed by atoms with E-state index < -0.39 is 0 Å². The van der Waals surface area contributed by atoms with Crippen LogP contribution in [0.2, 0.25) is 0 Å². The van der Waals surface area contributed by atoms with Crippen LogP contribution in [0.15, 0.2) is 34.7 Å². The number of benzene rings is 1. The third-order valence-corrected chi connectivity index (χ3v) is 5.08. The third kappa shape index (κ3) is 3.16. The van der Waals surface area contributed by atoms with Crippen molar-refractivity contribution in [1.82, 2.24) is 14.3 Å². The molecule has 21 heavy (non-hydrogen) atoms. The smallest absolute Gasteiger partial charge is 0.170 e. The second-order valence-corrected chi connectivity index (χ2v) is 6.53. The van der Waals surface area contributed by atoms with Gasteiger partial charge in [-0.1, -0.05) is 36.9 Å². The molecule has 6 heteroatoms. The summed E-state index contributed by atoms with van der Waals surface area (Å²) in [6, 6.07) is 10.4. The Kier molecular flexibility index (Phi) is 4.36. The van der Waals surface area contributed by atoms with Crippen molar-refractivity contribution in [3.05, 3.63) is 41.7 Å². The number of aryl methyl sites for hydroxylation is 1. The molecule has 0 saturated carbocycles. The van der Waals surface area contributed by atoms with Crippen LogP contribution in [0.25, 0.3) is 10.9 Å². The molecule has 0 bridgehead atoms. The van der Waals surface area contributed by atoms with Gasteiger partial charge >= 0.3 is 0 Å². The second kappa shape index (κ2) is 6.41. The van der Waals surface area contributed by atoms with Gasteiger partial charge in [0.05, 0.1) is 5.52 Å². The van der Waals surface area contributed by atoms with Gasteiger partial charge < -0.3 is 5.32 Å². The monoisotopic (exact) mass is 316 g/mol. The van der Waals surface area contributed by atoms with E-state index in [0.717, 1.165) is 33.7 Å². The van der Waals surface area contributed by atoms with Gasteiger partial charge in [-0.3, -0.25) is 0 Å². The van der Waals surface area contributed by atoms with Crippen LogP contribution < -0.4 is 5.32 Å². The molecule has 2 heterocycles. The summed E-state index contributed by atoms with van der Waals surface area (Å²) in [4.78, 5) is 9.16. The highest BCUT2D eigenvalue weighted by Gasteiger charge is 2.08. The number of pyridine rings is 1. The van der Waals surface area contributed by atoms with E-state index in [1.807, 2.05) is 25.2 Å². The van der Waals surface area contributed by atoms with Crippen LogP contribution in [0, 0.1) is 0 Å². The zero-order valence-corrected chi connectivity index (χ0v) is 13.6. The standard InChI is InChI=1S/C15H16N4S2/c1-3-13-18-15(21-19-13)20-9-11-8-10-6-4-5-7-12(10)17-14(11)16-2/h4-8H,3,9H2,1-2H3,(H,16,17). The molecule has 0 radical (unpaired) electrons. The molecule has 0 aliphatic rings. The Bertz CT molecular complexity index is 754. The summed E-state index contributed by atoms with van der Waals surface area (Å²) in [5.41, 5.74) is 2.20. The number of rotatable bonds is 5. The lowest BCUT2D eigenvalue weighted by Crippen LogP contribution is -1.98. The average molecular weight is 316 g/mol. The summed E-state index contributed by atoms with van der Waals surface area (Å²) in [5, 5.41) is 4.35. The van der Waals surface area contributed by atoms with E-state index >= 15 is 0 Å². The van der Waals surface area contributed by atoms with Gasteiger partial charge in [0.15, 0.2) is 4.34 Å². The van der Waals surface area contributed by atoms with Crippen LogP contribution in [-0.4, -0.2) is 21.4 Å². The first-order valence-corrected chi connectivity index (χ1v) is 8.58. The van der Waals surface area contributed by atoms with Crippen LogP contribution >= 0.6 is 23.3 Å². The van der Waals surface area contributed by atoms with Gasteiger partial charge in [0.1, 0.15) is 11.6 Å². The molecule has 0 spiro atoms. The molecule has 2 aromatic heterocycles. The molecule has 0 amide bonds. The van der Waals surface area contributed by atoms with E-state index in [1.54, 1.807) is 11.8 Å². The van der Waals surface area contributed by atoms with E-state index in [0.29, 0.717) is 0 Å². The number of nitrogens with one attached hydrogen (secondary N) is 1. The molecule has 0 fully saturated rings. The van der Waals surface area contributed by atoms with E-state index in [2.05, 4.69) is 38.7 Å². The Morgan fingerprint density at radius 1 is 1.24 bits per heavy atom. The van der Waals surface area contributed by atoms with Crippen molar-refractivity contribution in [2.24, 2.45) is 0 Å². The van der Waals surface area contributed by atoms with Crippen molar-refractivity contribution in [2.75, 3.05) is 12.4 Å². The Hall–Kier alpha value is -1.66. The van der Waals surface area contributed by atoms with E-state index in [4.69, 9.17) is 0 Å². The zero-order valence-electron chi connectivity index (χ0n) is 12.0. The molecule has 0 unspecified atom stereocenters. The number of anilines is 1. The maximum Gasteiger partial charge on any atom is 0.170 e. The van der Waals surface area contributed by atoms with Gasteiger partial charge in [0.25, 0.3) is 0 Å². The Morgan fingerprint density at radius 3 is 2.86 bits per heavy atom. The summed E-state index contributed by atoms with van der Waals surface area (Å²) in [6.45, 7) is 2.07. The van der Waals surface area contributed by atoms with Crippen LogP contribution in [0.5, 0.6) is 0 Å². The average Bonchev–Trinajstić information content (AvgIpc) is 3.00. The Balaban J connectivity index is 1.85. The van der Waals surface area contributed by atoms with Gasteiger partial charge in [-0.2, -0.15) is 4.37 Å². The molecule has 108 valence electrons. The summed E-state index contributed by atoms with van der Waals surface area (Å²) < 4.78 is 5.33. The number of hydrogen-bond donors (Lipinski definition) is 1. The number of para-hydroxylation sites is 1. The highest BCUT2D eigenvalue weighted by molar-refractivity contribution is 8.00. The summed E-state index contributed by atoms with van der Waals surface area (Å²) >= 11 is 3.18. The third-order valence-electron chi connectivity index (χ3n) is 3.16. The van der Waals surface area contributed by atoms with Crippen molar-refractivity contribution in [2.45, 2.75) is 23.4 Å². The molecule has 0 saturated heterocycles. The minimum atomic E-state index is 0.840. The lowest BCUT2D eigenvalue weighted by molar-refractivity contribution is 0.971. The summed E-state index contributed by atoms with van der Waals surface area (Å²) in [6.07, 6.45) is 0.885. The van der Waals surface area contributed by atoms with Crippen molar-refractivity contribution >= 4 is 40.0 Å². The van der Waals surface area contributed by atoms with Crippen molar-refractivity contribution in [3.63, 3.8) is 0 Å².